The molecular weight excluding hydrogens is 236 g/mol. The van der Waals surface area contributed by atoms with Gasteiger partial charge in [0.1, 0.15) is 5.75 Å². The van der Waals surface area contributed by atoms with E-state index in [9.17, 15) is 0 Å². The number of benzene rings is 1. The molecular formula is C16H24N2O. The van der Waals surface area contributed by atoms with Crippen molar-refractivity contribution in [2.24, 2.45) is 0 Å². The topological polar surface area (TPSA) is 24.5 Å². The maximum atomic E-state index is 5.55. The van der Waals surface area contributed by atoms with Gasteiger partial charge in [0.05, 0.1) is 6.61 Å². The molecule has 3 rings (SSSR count). The van der Waals surface area contributed by atoms with Gasteiger partial charge in [-0.3, -0.25) is 0 Å². The number of nitrogens with zero attached hydrogens (tertiary/aromatic N) is 1. The maximum absolute atomic E-state index is 5.55. The van der Waals surface area contributed by atoms with E-state index in [0.29, 0.717) is 0 Å². The average Bonchev–Trinajstić information content (AvgIpc) is 2.93. The van der Waals surface area contributed by atoms with Gasteiger partial charge in [0.15, 0.2) is 0 Å². The van der Waals surface area contributed by atoms with Crippen LogP contribution in [0.2, 0.25) is 0 Å². The van der Waals surface area contributed by atoms with Crippen molar-refractivity contribution in [3.05, 3.63) is 29.3 Å². The monoisotopic (exact) mass is 260 g/mol. The van der Waals surface area contributed by atoms with E-state index >= 15 is 0 Å². The van der Waals surface area contributed by atoms with E-state index in [1.165, 1.54) is 43.6 Å². The summed E-state index contributed by atoms with van der Waals surface area (Å²) in [6, 6.07) is 7.44. The summed E-state index contributed by atoms with van der Waals surface area (Å²) in [5, 5.41) is 3.39. The normalized spacial score (nSPS) is 20.3. The first-order valence-corrected chi connectivity index (χ1v) is 7.49. The number of nitrogens with one attached hydrogen (secondary N) is 1. The lowest BCUT2D eigenvalue weighted by atomic mass is 10.0. The van der Waals surface area contributed by atoms with Crippen molar-refractivity contribution >= 4 is 0 Å². The number of hydrogen-bond donors (Lipinski definition) is 1. The fraction of sp³-hybridized carbons (Fsp3) is 0.625. The third-order valence-corrected chi connectivity index (χ3v) is 4.47. The summed E-state index contributed by atoms with van der Waals surface area (Å²) in [6.45, 7) is 4.52. The van der Waals surface area contributed by atoms with Crippen LogP contribution in [0, 0.1) is 0 Å². The van der Waals surface area contributed by atoms with Gasteiger partial charge in [-0.25, -0.2) is 0 Å². The average molecular weight is 260 g/mol. The minimum Gasteiger partial charge on any atom is -0.493 e. The molecule has 1 saturated heterocycles. The van der Waals surface area contributed by atoms with Crippen LogP contribution in [0.1, 0.15) is 24.0 Å². The largest absolute Gasteiger partial charge is 0.493 e. The molecule has 104 valence electrons. The van der Waals surface area contributed by atoms with Crippen LogP contribution < -0.4 is 10.1 Å². The Bertz CT molecular complexity index is 425. The number of fused-ring (bicyclic) bond motifs is 1. The van der Waals surface area contributed by atoms with Crippen LogP contribution in [0.3, 0.4) is 0 Å². The molecule has 0 radical (unpaired) electrons. The van der Waals surface area contributed by atoms with Crippen LogP contribution >= 0.6 is 0 Å². The second-order valence-electron chi connectivity index (χ2n) is 5.70. The Morgan fingerprint density at radius 1 is 1.32 bits per heavy atom. The van der Waals surface area contributed by atoms with Crippen LogP contribution in [0.25, 0.3) is 0 Å². The second kappa shape index (κ2) is 5.93. The lowest BCUT2D eigenvalue weighted by Gasteiger charge is -2.31. The molecule has 2 heterocycles. The van der Waals surface area contributed by atoms with Crippen LogP contribution in [0.4, 0.5) is 0 Å². The summed E-state index contributed by atoms with van der Waals surface area (Å²) in [4.78, 5) is 2.59. The zero-order valence-electron chi connectivity index (χ0n) is 11.8. The molecule has 0 bridgehead atoms. The Morgan fingerprint density at radius 2 is 2.16 bits per heavy atom. The van der Waals surface area contributed by atoms with E-state index < -0.39 is 0 Å². The molecule has 2 aliphatic heterocycles. The standard InChI is InChI=1S/C16H24N2O/c1-17-15-5-9-18(10-6-15)8-4-13-2-3-16-14(12-13)7-11-19-16/h2-3,12,15,17H,4-11H2,1H3. The Kier molecular flexibility index (Phi) is 4.04. The van der Waals surface area contributed by atoms with E-state index in [1.807, 2.05) is 0 Å². The predicted molar refractivity (Wildman–Crippen MR) is 77.9 cm³/mol. The van der Waals surface area contributed by atoms with Gasteiger partial charge < -0.3 is 15.0 Å². The van der Waals surface area contributed by atoms with Gasteiger partial charge in [-0.1, -0.05) is 12.1 Å². The van der Waals surface area contributed by atoms with Crippen LogP contribution in [-0.2, 0) is 12.8 Å². The Morgan fingerprint density at radius 3 is 2.95 bits per heavy atom. The highest BCUT2D eigenvalue weighted by atomic mass is 16.5. The van der Waals surface area contributed by atoms with Crippen molar-refractivity contribution in [2.45, 2.75) is 31.7 Å². The summed E-state index contributed by atoms with van der Waals surface area (Å²) < 4.78 is 5.55. The first-order valence-electron chi connectivity index (χ1n) is 7.49. The quantitative estimate of drug-likeness (QED) is 0.894. The molecule has 3 nitrogen and oxygen atoms in total. The van der Waals surface area contributed by atoms with E-state index in [1.54, 1.807) is 0 Å². The molecule has 3 heteroatoms. The molecule has 0 unspecified atom stereocenters. The molecule has 0 aliphatic carbocycles. The lowest BCUT2D eigenvalue weighted by Crippen LogP contribution is -2.41. The first kappa shape index (κ1) is 12.9. The van der Waals surface area contributed by atoms with Gasteiger partial charge in [0.2, 0.25) is 0 Å². The molecule has 2 aliphatic rings. The fourth-order valence-corrected chi connectivity index (χ4v) is 3.13. The Balaban J connectivity index is 1.50. The Labute approximate surface area is 115 Å². The number of rotatable bonds is 4. The molecule has 1 fully saturated rings. The maximum Gasteiger partial charge on any atom is 0.122 e. The third kappa shape index (κ3) is 3.10. The number of piperidine rings is 1. The first-order chi connectivity index (χ1) is 9.35. The molecule has 1 aromatic carbocycles. The summed E-state index contributed by atoms with van der Waals surface area (Å²) in [5.41, 5.74) is 2.85. The van der Waals surface area contributed by atoms with Crippen molar-refractivity contribution in [3.63, 3.8) is 0 Å². The summed E-state index contributed by atoms with van der Waals surface area (Å²) in [6.07, 6.45) is 4.82. The summed E-state index contributed by atoms with van der Waals surface area (Å²) in [7, 11) is 2.08. The molecule has 1 aromatic rings. The van der Waals surface area contributed by atoms with Gasteiger partial charge in [0, 0.05) is 19.0 Å². The SMILES string of the molecule is CNC1CCN(CCc2ccc3c(c2)CCO3)CC1. The predicted octanol–water partition coefficient (Wildman–Crippen LogP) is 1.85. The highest BCUT2D eigenvalue weighted by Crippen LogP contribution is 2.26. The highest BCUT2D eigenvalue weighted by Gasteiger charge is 2.17. The minimum atomic E-state index is 0.730. The molecule has 0 aromatic heterocycles. The van der Waals surface area contributed by atoms with Crippen LogP contribution in [0.5, 0.6) is 5.75 Å². The summed E-state index contributed by atoms with van der Waals surface area (Å²) in [5.74, 6) is 1.10. The van der Waals surface area contributed by atoms with E-state index in [0.717, 1.165) is 31.2 Å². The van der Waals surface area contributed by atoms with Crippen molar-refractivity contribution in [1.29, 1.82) is 0 Å². The Hall–Kier alpha value is -1.06. The molecule has 19 heavy (non-hydrogen) atoms. The number of hydrogen-bond acceptors (Lipinski definition) is 3. The highest BCUT2D eigenvalue weighted by molar-refractivity contribution is 5.39. The van der Waals surface area contributed by atoms with Crippen molar-refractivity contribution in [1.82, 2.24) is 10.2 Å². The van der Waals surface area contributed by atoms with Crippen molar-refractivity contribution < 1.29 is 4.74 Å². The van der Waals surface area contributed by atoms with Crippen molar-refractivity contribution in [2.75, 3.05) is 33.3 Å². The molecule has 0 atom stereocenters. The zero-order valence-corrected chi connectivity index (χ0v) is 11.8. The van der Waals surface area contributed by atoms with Gasteiger partial charge >= 0.3 is 0 Å². The second-order valence-corrected chi connectivity index (χ2v) is 5.70. The smallest absolute Gasteiger partial charge is 0.122 e. The number of ether oxygens (including phenoxy) is 1. The van der Waals surface area contributed by atoms with Crippen molar-refractivity contribution in [3.8, 4) is 5.75 Å². The molecule has 1 N–H and O–H groups in total. The lowest BCUT2D eigenvalue weighted by molar-refractivity contribution is 0.204. The fourth-order valence-electron chi connectivity index (χ4n) is 3.13. The van der Waals surface area contributed by atoms with E-state index in [4.69, 9.17) is 4.74 Å². The number of likely N-dealkylation sites (tertiary alicyclic amines) is 1. The van der Waals surface area contributed by atoms with Crippen LogP contribution in [0.15, 0.2) is 18.2 Å². The summed E-state index contributed by atoms with van der Waals surface area (Å²) >= 11 is 0. The molecule has 0 amide bonds. The van der Waals surface area contributed by atoms with Gasteiger partial charge in [-0.15, -0.1) is 0 Å². The molecule has 0 spiro atoms. The zero-order chi connectivity index (χ0) is 13.1. The molecule has 0 saturated carbocycles. The minimum absolute atomic E-state index is 0.730. The van der Waals surface area contributed by atoms with Crippen LogP contribution in [-0.4, -0.2) is 44.2 Å². The van der Waals surface area contributed by atoms with E-state index in [-0.39, 0.29) is 0 Å². The third-order valence-electron chi connectivity index (χ3n) is 4.47. The van der Waals surface area contributed by atoms with Gasteiger partial charge in [-0.2, -0.15) is 0 Å². The van der Waals surface area contributed by atoms with E-state index in [2.05, 4.69) is 35.5 Å². The van der Waals surface area contributed by atoms with Gasteiger partial charge in [-0.05, 0) is 56.6 Å². The van der Waals surface area contributed by atoms with Gasteiger partial charge in [0.25, 0.3) is 0 Å².